The van der Waals surface area contributed by atoms with Crippen LogP contribution in [-0.2, 0) is 0 Å². The number of nitrogens with zero attached hydrogens (tertiary/aromatic N) is 3. The van der Waals surface area contributed by atoms with Gasteiger partial charge in [0, 0.05) is 24.8 Å². The van der Waals surface area contributed by atoms with Crippen LogP contribution >= 0.6 is 0 Å². The van der Waals surface area contributed by atoms with Crippen molar-refractivity contribution >= 4 is 11.8 Å². The van der Waals surface area contributed by atoms with Crippen LogP contribution < -0.4 is 5.43 Å². The lowest BCUT2D eigenvalue weighted by Crippen LogP contribution is -2.56. The molecule has 1 fully saturated rings. The minimum Gasteiger partial charge on any atom is -0.388 e. The molecule has 164 valence electrons. The van der Waals surface area contributed by atoms with E-state index in [1.54, 1.807) is 26.7 Å². The van der Waals surface area contributed by atoms with E-state index in [2.05, 4.69) is 5.43 Å². The van der Waals surface area contributed by atoms with Crippen LogP contribution in [-0.4, -0.2) is 63.3 Å². The predicted octanol–water partition coefficient (Wildman–Crippen LogP) is 2.78. The zero-order chi connectivity index (χ0) is 22.1. The van der Waals surface area contributed by atoms with Gasteiger partial charge >= 0.3 is 0 Å². The molecule has 2 aromatic carbocycles. The minimum atomic E-state index is -1.01. The molecule has 1 saturated heterocycles. The molecular formula is C25H26N4O3. The summed E-state index contributed by atoms with van der Waals surface area (Å²) in [5.74, 6) is -0.128. The van der Waals surface area contributed by atoms with Gasteiger partial charge in [-0.25, -0.2) is 0 Å². The first kappa shape index (κ1) is 20.3. The van der Waals surface area contributed by atoms with E-state index in [1.807, 2.05) is 60.7 Å². The number of aliphatic hydroxyl groups is 1. The van der Waals surface area contributed by atoms with Crippen molar-refractivity contribution in [2.75, 3.05) is 31.7 Å². The minimum absolute atomic E-state index is 0.0293. The van der Waals surface area contributed by atoms with Crippen molar-refractivity contribution in [1.82, 2.24) is 14.5 Å². The number of β-amino-alcohol motifs (C(OH)–C–C–N with tert-alkyl or cyclic N) is 1. The zero-order valence-corrected chi connectivity index (χ0v) is 17.8. The highest BCUT2D eigenvalue weighted by atomic mass is 16.3. The van der Waals surface area contributed by atoms with Crippen LogP contribution in [0.15, 0.2) is 72.9 Å². The summed E-state index contributed by atoms with van der Waals surface area (Å²) in [5.41, 5.74) is 5.42. The number of nitrogens with one attached hydrogen (secondary N) is 1. The zero-order valence-electron chi connectivity index (χ0n) is 17.8. The summed E-state index contributed by atoms with van der Waals surface area (Å²) >= 11 is 0. The van der Waals surface area contributed by atoms with Crippen LogP contribution in [0, 0.1) is 0 Å². The van der Waals surface area contributed by atoms with Crippen molar-refractivity contribution in [3.63, 3.8) is 0 Å². The quantitative estimate of drug-likeness (QED) is 0.667. The fourth-order valence-corrected chi connectivity index (χ4v) is 4.50. The third kappa shape index (κ3) is 3.87. The highest BCUT2D eigenvalue weighted by Crippen LogP contribution is 2.27. The second-order valence-corrected chi connectivity index (χ2v) is 8.55. The number of rotatable bonds is 4. The SMILES string of the molecule is O=C(c1cccc(-c2ccccc2)c1)N1CCC(O)(CN2CNn3cccc3C2=O)CC1. The first-order valence-corrected chi connectivity index (χ1v) is 10.9. The van der Waals surface area contributed by atoms with Crippen LogP contribution in [0.3, 0.4) is 0 Å². The van der Waals surface area contributed by atoms with Gasteiger partial charge in [0.15, 0.2) is 0 Å². The molecule has 2 aliphatic rings. The average molecular weight is 431 g/mol. The lowest BCUT2D eigenvalue weighted by Gasteiger charge is -2.42. The van der Waals surface area contributed by atoms with E-state index >= 15 is 0 Å². The average Bonchev–Trinajstić information content (AvgIpc) is 3.31. The maximum Gasteiger partial charge on any atom is 0.273 e. The topological polar surface area (TPSA) is 77.8 Å². The van der Waals surface area contributed by atoms with Crippen LogP contribution in [0.2, 0.25) is 0 Å². The maximum atomic E-state index is 13.1. The Morgan fingerprint density at radius 1 is 0.969 bits per heavy atom. The fraction of sp³-hybridized carbons (Fsp3) is 0.280. The number of likely N-dealkylation sites (tertiary alicyclic amines) is 1. The summed E-state index contributed by atoms with van der Waals surface area (Å²) in [6, 6.07) is 21.2. The van der Waals surface area contributed by atoms with Crippen molar-refractivity contribution < 1.29 is 14.7 Å². The third-order valence-corrected chi connectivity index (χ3v) is 6.37. The predicted molar refractivity (Wildman–Crippen MR) is 122 cm³/mol. The molecule has 0 unspecified atom stereocenters. The van der Waals surface area contributed by atoms with Gasteiger partial charge in [-0.05, 0) is 48.2 Å². The number of hydrogen-bond acceptors (Lipinski definition) is 4. The molecule has 2 aliphatic heterocycles. The molecule has 7 heteroatoms. The van der Waals surface area contributed by atoms with Gasteiger partial charge in [0.25, 0.3) is 11.8 Å². The fourth-order valence-electron chi connectivity index (χ4n) is 4.50. The van der Waals surface area contributed by atoms with Crippen LogP contribution in [0.4, 0.5) is 0 Å². The Morgan fingerprint density at radius 2 is 1.72 bits per heavy atom. The number of fused-ring (bicyclic) bond motifs is 1. The van der Waals surface area contributed by atoms with Crippen LogP contribution in [0.25, 0.3) is 11.1 Å². The molecule has 3 heterocycles. The summed E-state index contributed by atoms with van der Waals surface area (Å²) in [4.78, 5) is 29.2. The molecule has 0 atom stereocenters. The number of piperidine rings is 1. The first-order chi connectivity index (χ1) is 15.5. The number of amides is 2. The molecule has 2 N–H and O–H groups in total. The molecule has 0 spiro atoms. The second kappa shape index (κ2) is 8.16. The van der Waals surface area contributed by atoms with Gasteiger partial charge in [-0.2, -0.15) is 0 Å². The Hall–Kier alpha value is -3.58. The largest absolute Gasteiger partial charge is 0.388 e. The molecular weight excluding hydrogens is 404 g/mol. The van der Waals surface area contributed by atoms with Crippen molar-refractivity contribution in [1.29, 1.82) is 0 Å². The summed E-state index contributed by atoms with van der Waals surface area (Å²) in [6.45, 7) is 1.50. The standard InChI is InChI=1S/C25H26N4O3/c30-23(21-9-4-8-20(16-21)19-6-2-1-3-7-19)27-14-11-25(32,12-15-27)17-28-18-26-29-13-5-10-22(29)24(28)31/h1-10,13,16,26,32H,11-12,14-15,17-18H2. The second-order valence-electron chi connectivity index (χ2n) is 8.55. The van der Waals surface area contributed by atoms with Gasteiger partial charge in [0.1, 0.15) is 12.4 Å². The van der Waals surface area contributed by atoms with E-state index in [-0.39, 0.29) is 18.4 Å². The highest BCUT2D eigenvalue weighted by Gasteiger charge is 2.38. The summed E-state index contributed by atoms with van der Waals surface area (Å²) < 4.78 is 1.70. The molecule has 0 saturated carbocycles. The van der Waals surface area contributed by atoms with Gasteiger partial charge in [0.05, 0.1) is 12.1 Å². The Bertz CT molecular complexity index is 1130. The van der Waals surface area contributed by atoms with Crippen molar-refractivity contribution in [3.05, 3.63) is 84.2 Å². The highest BCUT2D eigenvalue weighted by molar-refractivity contribution is 5.95. The number of aromatic nitrogens is 1. The first-order valence-electron chi connectivity index (χ1n) is 10.9. The molecule has 5 rings (SSSR count). The number of hydrogen-bond donors (Lipinski definition) is 2. The van der Waals surface area contributed by atoms with E-state index in [0.717, 1.165) is 11.1 Å². The molecule has 0 radical (unpaired) electrons. The molecule has 32 heavy (non-hydrogen) atoms. The number of benzene rings is 2. The lowest BCUT2D eigenvalue weighted by atomic mass is 9.90. The van der Waals surface area contributed by atoms with Gasteiger partial charge in [-0.15, -0.1) is 0 Å². The van der Waals surface area contributed by atoms with Crippen LogP contribution in [0.5, 0.6) is 0 Å². The molecule has 0 aliphatic carbocycles. The monoisotopic (exact) mass is 430 g/mol. The molecule has 7 nitrogen and oxygen atoms in total. The maximum absolute atomic E-state index is 13.1. The van der Waals surface area contributed by atoms with E-state index in [1.165, 1.54) is 0 Å². The Balaban J connectivity index is 1.23. The molecule has 0 bridgehead atoms. The number of carbonyl (C=O) groups is 2. The van der Waals surface area contributed by atoms with E-state index in [4.69, 9.17) is 0 Å². The van der Waals surface area contributed by atoms with Gasteiger partial charge in [-0.3, -0.25) is 14.3 Å². The number of carbonyl (C=O) groups excluding carboxylic acids is 2. The van der Waals surface area contributed by atoms with E-state index < -0.39 is 5.60 Å². The molecule has 2 amide bonds. The van der Waals surface area contributed by atoms with E-state index in [9.17, 15) is 14.7 Å². The van der Waals surface area contributed by atoms with Crippen molar-refractivity contribution in [2.24, 2.45) is 0 Å². The Labute approximate surface area is 186 Å². The van der Waals surface area contributed by atoms with Gasteiger partial charge in [-0.1, -0.05) is 42.5 Å². The normalized spacial score (nSPS) is 17.6. The molecule has 3 aromatic rings. The molecule has 1 aromatic heterocycles. The lowest BCUT2D eigenvalue weighted by molar-refractivity contribution is -0.0369. The van der Waals surface area contributed by atoms with Crippen molar-refractivity contribution in [3.8, 4) is 11.1 Å². The summed E-state index contributed by atoms with van der Waals surface area (Å²) in [7, 11) is 0. The van der Waals surface area contributed by atoms with Crippen LogP contribution in [0.1, 0.15) is 33.7 Å². The Morgan fingerprint density at radius 3 is 2.50 bits per heavy atom. The Kier molecular flexibility index (Phi) is 5.19. The van der Waals surface area contributed by atoms with E-state index in [0.29, 0.717) is 43.9 Å². The third-order valence-electron chi connectivity index (χ3n) is 6.37. The van der Waals surface area contributed by atoms with Gasteiger partial charge in [0.2, 0.25) is 0 Å². The summed E-state index contributed by atoms with van der Waals surface area (Å²) in [6.07, 6.45) is 2.67. The smallest absolute Gasteiger partial charge is 0.273 e. The van der Waals surface area contributed by atoms with Gasteiger partial charge < -0.3 is 20.3 Å². The van der Waals surface area contributed by atoms with Crippen molar-refractivity contribution in [2.45, 2.75) is 18.4 Å². The summed E-state index contributed by atoms with van der Waals surface area (Å²) in [5, 5.41) is 11.1.